The van der Waals surface area contributed by atoms with Gasteiger partial charge in [0.2, 0.25) is 0 Å². The predicted octanol–water partition coefficient (Wildman–Crippen LogP) is 3.59. The fourth-order valence-electron chi connectivity index (χ4n) is 3.29. The number of carboxylic acid groups (broad SMARTS) is 1. The molecule has 0 aliphatic carbocycles. The topological polar surface area (TPSA) is 66.8 Å². The van der Waals surface area contributed by atoms with Gasteiger partial charge >= 0.3 is 5.97 Å². The van der Waals surface area contributed by atoms with Gasteiger partial charge in [0.15, 0.2) is 0 Å². The summed E-state index contributed by atoms with van der Waals surface area (Å²) >= 11 is 0. The molecule has 5 nitrogen and oxygen atoms in total. The molecule has 1 fully saturated rings. The van der Waals surface area contributed by atoms with E-state index in [2.05, 4.69) is 0 Å². The summed E-state index contributed by atoms with van der Waals surface area (Å²) in [4.78, 5) is 26.2. The molecule has 5 heteroatoms. The van der Waals surface area contributed by atoms with E-state index in [9.17, 15) is 14.7 Å². The van der Waals surface area contributed by atoms with Gasteiger partial charge in [-0.05, 0) is 38.0 Å². The van der Waals surface area contributed by atoms with Gasteiger partial charge in [0.1, 0.15) is 12.4 Å². The normalized spacial score (nSPS) is 19.8. The monoisotopic (exact) mass is 353 g/mol. The van der Waals surface area contributed by atoms with Crippen LogP contribution in [0.1, 0.15) is 35.7 Å². The number of carbonyl (C=O) groups is 2. The minimum absolute atomic E-state index is 0.135. The Kier molecular flexibility index (Phi) is 5.26. The average molecular weight is 353 g/mol. The Bertz CT molecular complexity index is 790. The van der Waals surface area contributed by atoms with Crippen molar-refractivity contribution >= 4 is 11.9 Å². The Morgan fingerprint density at radius 1 is 1.12 bits per heavy atom. The van der Waals surface area contributed by atoms with Crippen LogP contribution in [-0.4, -0.2) is 35.0 Å². The van der Waals surface area contributed by atoms with Crippen LogP contribution in [-0.2, 0) is 11.4 Å². The smallest absolute Gasteiger partial charge is 0.311 e. The van der Waals surface area contributed by atoms with E-state index in [1.165, 1.54) is 0 Å². The Morgan fingerprint density at radius 2 is 1.81 bits per heavy atom. The summed E-state index contributed by atoms with van der Waals surface area (Å²) in [6.45, 7) is 2.81. The molecule has 1 amide bonds. The number of aliphatic carboxylic acids is 1. The van der Waals surface area contributed by atoms with Gasteiger partial charge in [-0.1, -0.05) is 36.4 Å². The summed E-state index contributed by atoms with van der Waals surface area (Å²) < 4.78 is 5.78. The molecule has 0 saturated carbocycles. The number of amides is 1. The van der Waals surface area contributed by atoms with Crippen molar-refractivity contribution in [3.63, 3.8) is 0 Å². The molecule has 1 unspecified atom stereocenters. The zero-order valence-electron chi connectivity index (χ0n) is 14.9. The van der Waals surface area contributed by atoms with Crippen molar-refractivity contribution in [3.8, 4) is 5.75 Å². The number of ether oxygens (including phenoxy) is 1. The van der Waals surface area contributed by atoms with Crippen molar-refractivity contribution < 1.29 is 19.4 Å². The molecule has 3 rings (SSSR count). The van der Waals surface area contributed by atoms with Crippen molar-refractivity contribution in [1.29, 1.82) is 0 Å². The predicted molar refractivity (Wildman–Crippen MR) is 98.1 cm³/mol. The fraction of sp³-hybridized carbons (Fsp3) is 0.333. The first-order valence-electron chi connectivity index (χ1n) is 8.78. The number of carboxylic acids is 1. The van der Waals surface area contributed by atoms with Gasteiger partial charge in [0, 0.05) is 24.2 Å². The number of piperidine rings is 1. The van der Waals surface area contributed by atoms with E-state index in [0.717, 1.165) is 11.3 Å². The van der Waals surface area contributed by atoms with E-state index in [4.69, 9.17) is 4.74 Å². The van der Waals surface area contributed by atoms with Crippen molar-refractivity contribution in [2.75, 3.05) is 13.1 Å². The molecule has 0 radical (unpaired) electrons. The lowest BCUT2D eigenvalue weighted by Crippen LogP contribution is -2.48. The van der Waals surface area contributed by atoms with Crippen molar-refractivity contribution in [2.24, 2.45) is 5.41 Å². The van der Waals surface area contributed by atoms with E-state index in [-0.39, 0.29) is 19.1 Å². The molecule has 1 N–H and O–H groups in total. The molecule has 0 aromatic heterocycles. The number of benzene rings is 2. The van der Waals surface area contributed by atoms with Gasteiger partial charge in [0.05, 0.1) is 5.41 Å². The highest BCUT2D eigenvalue weighted by Crippen LogP contribution is 2.31. The van der Waals surface area contributed by atoms with Gasteiger partial charge in [0.25, 0.3) is 5.91 Å². The highest BCUT2D eigenvalue weighted by molar-refractivity contribution is 5.96. The van der Waals surface area contributed by atoms with Crippen LogP contribution in [0.25, 0.3) is 0 Å². The molecule has 0 spiro atoms. The molecule has 1 aliphatic heterocycles. The fourth-order valence-corrected chi connectivity index (χ4v) is 3.29. The Hall–Kier alpha value is -2.82. The zero-order chi connectivity index (χ0) is 18.6. The third kappa shape index (κ3) is 3.87. The van der Waals surface area contributed by atoms with E-state index >= 15 is 0 Å². The van der Waals surface area contributed by atoms with Gasteiger partial charge in [-0.15, -0.1) is 0 Å². The minimum Gasteiger partial charge on any atom is -0.489 e. The molecular weight excluding hydrogens is 330 g/mol. The second-order valence-electron chi connectivity index (χ2n) is 6.95. The van der Waals surface area contributed by atoms with Crippen LogP contribution in [0.2, 0.25) is 0 Å². The highest BCUT2D eigenvalue weighted by atomic mass is 16.5. The Morgan fingerprint density at radius 3 is 2.54 bits per heavy atom. The number of rotatable bonds is 5. The first-order valence-corrected chi connectivity index (χ1v) is 8.78. The van der Waals surface area contributed by atoms with Crippen LogP contribution in [0.15, 0.2) is 54.6 Å². The number of carbonyl (C=O) groups excluding carboxylic acids is 1. The minimum atomic E-state index is -0.886. The second kappa shape index (κ2) is 7.60. The summed E-state index contributed by atoms with van der Waals surface area (Å²) in [5, 5.41) is 9.47. The number of nitrogens with zero attached hydrogens (tertiary/aromatic N) is 1. The standard InChI is InChI=1S/C21H23NO4/c1-21(20(24)25)12-7-13-22(15-21)19(23)18-11-6-5-8-16(18)14-26-17-9-3-2-4-10-17/h2-6,8-11H,7,12-15H2,1H3,(H,24,25). The van der Waals surface area contributed by atoms with E-state index in [1.807, 2.05) is 48.5 Å². The summed E-state index contributed by atoms with van der Waals surface area (Å²) in [5.41, 5.74) is 0.477. The molecule has 1 atom stereocenters. The molecule has 1 saturated heterocycles. The van der Waals surface area contributed by atoms with Crippen LogP contribution in [0.4, 0.5) is 0 Å². The van der Waals surface area contributed by atoms with Crippen LogP contribution in [0, 0.1) is 5.41 Å². The van der Waals surface area contributed by atoms with Crippen molar-refractivity contribution in [1.82, 2.24) is 4.90 Å². The SMILES string of the molecule is CC1(C(=O)O)CCCN(C(=O)c2ccccc2COc2ccccc2)C1. The summed E-state index contributed by atoms with van der Waals surface area (Å²) in [5.74, 6) is -0.244. The lowest BCUT2D eigenvalue weighted by molar-refractivity contribution is -0.150. The summed E-state index contributed by atoms with van der Waals surface area (Å²) in [6, 6.07) is 16.8. The van der Waals surface area contributed by atoms with Crippen molar-refractivity contribution in [2.45, 2.75) is 26.4 Å². The first-order chi connectivity index (χ1) is 12.5. The number of hydrogen-bond acceptors (Lipinski definition) is 3. The van der Waals surface area contributed by atoms with Gasteiger partial charge in [-0.2, -0.15) is 0 Å². The number of hydrogen-bond donors (Lipinski definition) is 1. The average Bonchev–Trinajstić information content (AvgIpc) is 2.67. The first kappa shape index (κ1) is 18.0. The van der Waals surface area contributed by atoms with Gasteiger partial charge < -0.3 is 14.7 Å². The summed E-state index contributed by atoms with van der Waals surface area (Å²) in [6.07, 6.45) is 1.28. The number of para-hydroxylation sites is 1. The van der Waals surface area contributed by atoms with E-state index < -0.39 is 11.4 Å². The molecule has 1 heterocycles. The number of likely N-dealkylation sites (tertiary alicyclic amines) is 1. The highest BCUT2D eigenvalue weighted by Gasteiger charge is 2.39. The van der Waals surface area contributed by atoms with Crippen LogP contribution < -0.4 is 4.74 Å². The molecule has 0 bridgehead atoms. The molecule has 2 aromatic rings. The molecule has 1 aliphatic rings. The molecular formula is C21H23NO4. The Balaban J connectivity index is 1.76. The van der Waals surface area contributed by atoms with E-state index in [0.29, 0.717) is 24.9 Å². The molecule has 26 heavy (non-hydrogen) atoms. The third-order valence-electron chi connectivity index (χ3n) is 4.89. The lowest BCUT2D eigenvalue weighted by Gasteiger charge is -2.37. The van der Waals surface area contributed by atoms with Gasteiger partial charge in [-0.25, -0.2) is 0 Å². The summed E-state index contributed by atoms with van der Waals surface area (Å²) in [7, 11) is 0. The van der Waals surface area contributed by atoms with Crippen LogP contribution in [0.3, 0.4) is 0 Å². The Labute approximate surface area is 153 Å². The van der Waals surface area contributed by atoms with Crippen molar-refractivity contribution in [3.05, 3.63) is 65.7 Å². The third-order valence-corrected chi connectivity index (χ3v) is 4.89. The van der Waals surface area contributed by atoms with Crippen LogP contribution in [0.5, 0.6) is 5.75 Å². The maximum absolute atomic E-state index is 13.0. The largest absolute Gasteiger partial charge is 0.489 e. The molecule has 2 aromatic carbocycles. The van der Waals surface area contributed by atoms with E-state index in [1.54, 1.807) is 17.9 Å². The zero-order valence-corrected chi connectivity index (χ0v) is 14.9. The van der Waals surface area contributed by atoms with Gasteiger partial charge in [-0.3, -0.25) is 9.59 Å². The lowest BCUT2D eigenvalue weighted by atomic mass is 9.82. The maximum atomic E-state index is 13.0. The molecule has 136 valence electrons. The van der Waals surface area contributed by atoms with Crippen LogP contribution >= 0.6 is 0 Å². The maximum Gasteiger partial charge on any atom is 0.311 e. The quantitative estimate of drug-likeness (QED) is 0.892. The second-order valence-corrected chi connectivity index (χ2v) is 6.95.